The lowest BCUT2D eigenvalue weighted by Gasteiger charge is -2.31. The van der Waals surface area contributed by atoms with Crippen LogP contribution >= 0.6 is 11.8 Å². The van der Waals surface area contributed by atoms with E-state index >= 15 is 4.21 Å². The molecule has 6 rings (SSSR count). The first-order chi connectivity index (χ1) is 35.5. The van der Waals surface area contributed by atoms with Crippen molar-refractivity contribution in [3.8, 4) is 5.75 Å². The van der Waals surface area contributed by atoms with Gasteiger partial charge in [-0.05, 0) is 42.2 Å². The van der Waals surface area contributed by atoms with Crippen molar-refractivity contribution < 1.29 is 77.0 Å². The van der Waals surface area contributed by atoms with Gasteiger partial charge in [0.15, 0.2) is 17.3 Å². The number of nitrogens with zero attached hydrogens (tertiary/aromatic N) is 1. The number of H-pyrrole nitrogens is 1. The number of hydrogen-bond acceptors (Lipinski definition) is 17. The van der Waals surface area contributed by atoms with Crippen LogP contribution in [0.5, 0.6) is 5.75 Å². The highest BCUT2D eigenvalue weighted by atomic mass is 32.2. The Hall–Kier alpha value is -6.09. The number of amides is 7. The molecule has 4 heterocycles. The minimum absolute atomic E-state index is 0.0452. The number of fused-ring (bicyclic) bond motifs is 5. The molecule has 1 aliphatic carbocycles. The molecule has 2 bridgehead atoms. The van der Waals surface area contributed by atoms with Crippen LogP contribution in [-0.2, 0) is 70.0 Å². The second kappa shape index (κ2) is 25.6. The van der Waals surface area contributed by atoms with Gasteiger partial charge in [-0.1, -0.05) is 27.2 Å². The molecule has 1 aromatic carbocycles. The number of aliphatic hydroxyl groups is 3. The standard InChI is InChI=1S/C49H66N8O16S2/c1-5-22(2)43-47(70)52-17-41(65)53-33-21-75(72)48-30(27-7-6-26(13-31(27)55-48)73-9-8-28-35(60)16-39(74-4)44(28)67)14-32(46(69)51-18-42(66)56-43)54-45(68)29(23(3)38(63)20-58)15-37(62)34-12-25(59)19-57(34)49(71)24(10-36(33)61)11-40(50)64/h6-7,13,22-25,28-29,32-34,38-39,43,55,58-59,63H,5,8-12,14-21H2,1-4H3,(H2,50,64)(H,51,69)(H,52,70)(H,53,65)(H,54,68)(H,56,66). The summed E-state index contributed by atoms with van der Waals surface area (Å²) < 4.78 is 21.0. The van der Waals surface area contributed by atoms with Crippen LogP contribution < -0.4 is 37.1 Å². The monoisotopic (exact) mass is 1090 g/mol. The number of aromatic nitrogens is 1. The van der Waals surface area contributed by atoms with Crippen molar-refractivity contribution in [1.29, 1.82) is 0 Å². The van der Waals surface area contributed by atoms with Gasteiger partial charge in [-0.15, -0.1) is 0 Å². The van der Waals surface area contributed by atoms with E-state index in [9.17, 15) is 68.1 Å². The van der Waals surface area contributed by atoms with Gasteiger partial charge in [0.2, 0.25) is 41.4 Å². The van der Waals surface area contributed by atoms with Crippen molar-refractivity contribution in [2.45, 2.75) is 119 Å². The number of ether oxygens (including phenoxy) is 1. The van der Waals surface area contributed by atoms with Crippen LogP contribution in [0.15, 0.2) is 23.2 Å². The number of aromatic amines is 1. The van der Waals surface area contributed by atoms with Crippen LogP contribution in [-0.4, -0.2) is 180 Å². The van der Waals surface area contributed by atoms with E-state index in [2.05, 4.69) is 31.6 Å². The minimum Gasteiger partial charge on any atom is -0.493 e. The number of carbonyl (C=O) groups excluding carboxylic acids is 11. The molecular weight excluding hydrogens is 1020 g/mol. The smallest absolute Gasteiger partial charge is 0.243 e. The first-order valence-electron chi connectivity index (χ1n) is 24.9. The molecule has 0 radical (unpaired) electrons. The highest BCUT2D eigenvalue weighted by Gasteiger charge is 2.45. The highest BCUT2D eigenvalue weighted by molar-refractivity contribution is 8.00. The van der Waals surface area contributed by atoms with Gasteiger partial charge in [0.25, 0.3) is 0 Å². The van der Waals surface area contributed by atoms with E-state index < -0.39 is 193 Å². The zero-order chi connectivity index (χ0) is 55.0. The number of thioether (sulfide) groups is 1. The molecule has 24 nitrogen and oxygen atoms in total. The summed E-state index contributed by atoms with van der Waals surface area (Å²) >= 11 is 1.30. The third kappa shape index (κ3) is 14.0. The average Bonchev–Trinajstić information content (AvgIpc) is 4.04. The van der Waals surface area contributed by atoms with Crippen LogP contribution in [0, 0.1) is 29.6 Å². The minimum atomic E-state index is -2.39. The normalized spacial score (nSPS) is 29.3. The topological polar surface area (TPSA) is 380 Å². The average molecular weight is 1090 g/mol. The summed E-state index contributed by atoms with van der Waals surface area (Å²) in [6.07, 6.45) is -3.72. The van der Waals surface area contributed by atoms with E-state index in [1.807, 2.05) is 0 Å². The third-order valence-corrected chi connectivity index (χ3v) is 17.0. The summed E-state index contributed by atoms with van der Waals surface area (Å²) in [4.78, 5) is 156. The Bertz CT molecular complexity index is 2610. The van der Waals surface area contributed by atoms with Gasteiger partial charge in [0.1, 0.15) is 28.6 Å². The third-order valence-electron chi connectivity index (χ3n) is 14.6. The second-order valence-electron chi connectivity index (χ2n) is 19.7. The van der Waals surface area contributed by atoms with Crippen molar-refractivity contribution in [3.05, 3.63) is 23.8 Å². The molecule has 11 N–H and O–H groups in total. The summed E-state index contributed by atoms with van der Waals surface area (Å²) in [6.45, 7) is 1.90. The Labute approximate surface area is 438 Å². The molecule has 2 aromatic rings. The van der Waals surface area contributed by atoms with Crippen molar-refractivity contribution in [1.82, 2.24) is 36.5 Å². The SMILES string of the molecule is CCC(C)C1NC(=O)CNC(=O)C2Cc3c([nH]c4cc(OCCC5C(=O)CC(SC)C5=O)ccc34)S(=O)CC(NC(=O)CNC1=O)C(=O)CC(CC(N)=O)C(=O)N1CC(O)CC1C(=O)CC(C(C)C(O)CO)C(=O)N2. The summed E-state index contributed by atoms with van der Waals surface area (Å²) in [5.74, 6) is -14.9. The predicted molar refractivity (Wildman–Crippen MR) is 269 cm³/mol. The molecule has 26 heteroatoms. The number of benzene rings is 1. The maximum absolute atomic E-state index is 15.0. The number of Topliss-reactive ketones (excluding diaryl/α,β-unsaturated/α-hetero) is 4. The van der Waals surface area contributed by atoms with Crippen molar-refractivity contribution in [2.24, 2.45) is 35.3 Å². The fourth-order valence-electron chi connectivity index (χ4n) is 9.96. The van der Waals surface area contributed by atoms with Gasteiger partial charge < -0.3 is 62.3 Å². The van der Waals surface area contributed by atoms with E-state index in [0.29, 0.717) is 11.8 Å². The van der Waals surface area contributed by atoms with Gasteiger partial charge in [-0.2, -0.15) is 11.8 Å². The lowest BCUT2D eigenvalue weighted by molar-refractivity contribution is -0.145. The molecule has 75 heavy (non-hydrogen) atoms. The van der Waals surface area contributed by atoms with Crippen LogP contribution in [0.3, 0.4) is 0 Å². The van der Waals surface area contributed by atoms with Crippen LogP contribution in [0.2, 0.25) is 0 Å². The van der Waals surface area contributed by atoms with Crippen LogP contribution in [0.4, 0.5) is 0 Å². The number of carbonyl (C=O) groups is 11. The Morgan fingerprint density at radius 1 is 0.893 bits per heavy atom. The maximum Gasteiger partial charge on any atom is 0.243 e. The number of hydrogen-bond donors (Lipinski definition) is 10. The number of rotatable bonds is 12. The van der Waals surface area contributed by atoms with Gasteiger partial charge in [0.05, 0.1) is 89.7 Å². The Morgan fingerprint density at radius 2 is 1.59 bits per heavy atom. The van der Waals surface area contributed by atoms with Crippen LogP contribution in [0.1, 0.15) is 71.3 Å². The number of nitrogens with one attached hydrogen (secondary N) is 6. The molecule has 13 atom stereocenters. The van der Waals surface area contributed by atoms with E-state index in [1.54, 1.807) is 26.2 Å². The molecule has 1 aromatic heterocycles. The Morgan fingerprint density at radius 3 is 2.24 bits per heavy atom. The zero-order valence-corrected chi connectivity index (χ0v) is 43.7. The van der Waals surface area contributed by atoms with Crippen molar-refractivity contribution >= 4 is 97.9 Å². The zero-order valence-electron chi connectivity index (χ0n) is 42.0. The first kappa shape index (κ1) is 58.2. The number of ketones is 4. The van der Waals surface area contributed by atoms with Gasteiger partial charge in [-0.25, -0.2) is 0 Å². The molecule has 13 unspecified atom stereocenters. The first-order valence-corrected chi connectivity index (χ1v) is 27.5. The lowest BCUT2D eigenvalue weighted by Crippen LogP contribution is -2.56. The molecule has 3 aliphatic heterocycles. The molecule has 410 valence electrons. The van der Waals surface area contributed by atoms with E-state index in [0.717, 1.165) is 4.90 Å². The quantitative estimate of drug-likeness (QED) is 0.0961. The summed E-state index contributed by atoms with van der Waals surface area (Å²) in [7, 11) is -2.39. The molecular formula is C49H66N8O16S2. The van der Waals surface area contributed by atoms with Crippen LogP contribution in [0.25, 0.3) is 10.9 Å². The molecule has 4 aliphatic rings. The number of aliphatic hydroxyl groups excluding tert-OH is 3. The van der Waals surface area contributed by atoms with Gasteiger partial charge in [0, 0.05) is 62.4 Å². The summed E-state index contributed by atoms with van der Waals surface area (Å²) in [6, 6.07) is -1.53. The van der Waals surface area contributed by atoms with Crippen molar-refractivity contribution in [3.63, 3.8) is 0 Å². The number of nitrogens with two attached hydrogens (primary N) is 1. The predicted octanol–water partition coefficient (Wildman–Crippen LogP) is -2.79. The molecule has 2 fully saturated rings. The summed E-state index contributed by atoms with van der Waals surface area (Å²) in [5.41, 5.74) is 5.94. The fraction of sp³-hybridized carbons (Fsp3) is 0.612. The van der Waals surface area contributed by atoms with Gasteiger partial charge in [-0.3, -0.25) is 56.9 Å². The highest BCUT2D eigenvalue weighted by Crippen LogP contribution is 2.34. The van der Waals surface area contributed by atoms with Crippen molar-refractivity contribution in [2.75, 3.05) is 44.9 Å². The Kier molecular flexibility index (Phi) is 19.9. The lowest BCUT2D eigenvalue weighted by atomic mass is 9.83. The molecule has 1 saturated carbocycles. The fourth-order valence-corrected chi connectivity index (χ4v) is 12.1. The maximum atomic E-state index is 15.0. The van der Waals surface area contributed by atoms with Gasteiger partial charge >= 0.3 is 0 Å². The second-order valence-corrected chi connectivity index (χ2v) is 22.2. The molecule has 7 amide bonds. The van der Waals surface area contributed by atoms with E-state index in [1.165, 1.54) is 30.8 Å². The van der Waals surface area contributed by atoms with E-state index in [4.69, 9.17) is 10.5 Å². The largest absolute Gasteiger partial charge is 0.493 e. The molecule has 0 spiro atoms. The number of primary amides is 1. The Balaban J connectivity index is 1.51. The summed E-state index contributed by atoms with van der Waals surface area (Å²) in [5, 5.41) is 44.1. The molecule has 1 saturated heterocycles. The van der Waals surface area contributed by atoms with E-state index in [-0.39, 0.29) is 59.3 Å².